The molecule has 55 heavy (non-hydrogen) atoms. The summed E-state index contributed by atoms with van der Waals surface area (Å²) in [7, 11) is 3.53. The first-order valence-electron chi connectivity index (χ1n) is 17.0. The van der Waals surface area contributed by atoms with Gasteiger partial charge in [-0.2, -0.15) is 5.10 Å². The van der Waals surface area contributed by atoms with E-state index in [1.165, 1.54) is 20.4 Å². The number of hydrazone groups is 1. The van der Waals surface area contributed by atoms with E-state index in [0.717, 1.165) is 17.2 Å². The second-order valence-corrected chi connectivity index (χ2v) is 17.1. The van der Waals surface area contributed by atoms with Gasteiger partial charge in [0.15, 0.2) is 49.0 Å². The SMILES string of the molecule is CC1CS(=O)(=O)CCN1N.COc1cc2ncc(C=NN3CCS(=O)(=O)CC3C)cc2c(OC)c1OC.COc1cc2ncc(C=O)cc2c(OC)c1OC. The van der Waals surface area contributed by atoms with Gasteiger partial charge in [0.2, 0.25) is 11.5 Å². The van der Waals surface area contributed by atoms with Crippen molar-refractivity contribution in [2.45, 2.75) is 25.9 Å². The van der Waals surface area contributed by atoms with Crippen LogP contribution >= 0.6 is 0 Å². The fraction of sp³-hybridized carbons (Fsp3) is 0.444. The molecule has 2 aliphatic rings. The Kier molecular flexibility index (Phi) is 14.4. The van der Waals surface area contributed by atoms with E-state index < -0.39 is 19.7 Å². The number of carbonyl (C=O) groups excluding carboxylic acids is 1. The minimum absolute atomic E-state index is 0.0289. The molecule has 2 atom stereocenters. The van der Waals surface area contributed by atoms with Gasteiger partial charge in [-0.05, 0) is 26.0 Å². The lowest BCUT2D eigenvalue weighted by atomic mass is 10.1. The summed E-state index contributed by atoms with van der Waals surface area (Å²) < 4.78 is 77.3. The Morgan fingerprint density at radius 3 is 1.55 bits per heavy atom. The van der Waals surface area contributed by atoms with Crippen LogP contribution in [-0.4, -0.2) is 140 Å². The van der Waals surface area contributed by atoms with Gasteiger partial charge in [-0.25, -0.2) is 21.8 Å². The van der Waals surface area contributed by atoms with E-state index in [9.17, 15) is 21.6 Å². The Labute approximate surface area is 321 Å². The smallest absolute Gasteiger partial charge is 0.204 e. The highest BCUT2D eigenvalue weighted by atomic mass is 32.2. The fourth-order valence-corrected chi connectivity index (χ4v) is 9.09. The van der Waals surface area contributed by atoms with Crippen molar-refractivity contribution in [1.82, 2.24) is 20.0 Å². The third-order valence-electron chi connectivity index (χ3n) is 8.87. The lowest BCUT2D eigenvalue weighted by Gasteiger charge is -2.30. The van der Waals surface area contributed by atoms with Crippen molar-refractivity contribution in [3.05, 3.63) is 47.8 Å². The molecule has 0 radical (unpaired) electrons. The van der Waals surface area contributed by atoms with Crippen LogP contribution in [0.3, 0.4) is 0 Å². The molecule has 2 fully saturated rings. The molecule has 0 aliphatic carbocycles. The summed E-state index contributed by atoms with van der Waals surface area (Å²) in [6.07, 6.45) is 5.61. The largest absolute Gasteiger partial charge is 0.493 e. The van der Waals surface area contributed by atoms with Crippen LogP contribution in [0.15, 0.2) is 41.8 Å². The maximum Gasteiger partial charge on any atom is 0.204 e. The molecule has 2 unspecified atom stereocenters. The molecule has 4 aromatic rings. The molecule has 2 aromatic heterocycles. The van der Waals surface area contributed by atoms with E-state index in [2.05, 4.69) is 15.1 Å². The van der Waals surface area contributed by atoms with Gasteiger partial charge in [-0.1, -0.05) is 0 Å². The number of aromatic nitrogens is 2. The number of methoxy groups -OCH3 is 6. The van der Waals surface area contributed by atoms with Crippen molar-refractivity contribution >= 4 is 54.0 Å². The van der Waals surface area contributed by atoms with Gasteiger partial charge in [0.05, 0.1) is 95.5 Å². The summed E-state index contributed by atoms with van der Waals surface area (Å²) >= 11 is 0. The van der Waals surface area contributed by atoms with E-state index in [0.29, 0.717) is 69.6 Å². The monoisotopic (exact) mass is 804 g/mol. The van der Waals surface area contributed by atoms with Gasteiger partial charge in [0.25, 0.3) is 0 Å². The summed E-state index contributed by atoms with van der Waals surface area (Å²) in [6.45, 7) is 4.52. The molecule has 4 heterocycles. The van der Waals surface area contributed by atoms with Crippen LogP contribution in [0.25, 0.3) is 21.8 Å². The number of fused-ring (bicyclic) bond motifs is 2. The molecule has 19 heteroatoms. The Morgan fingerprint density at radius 1 is 0.673 bits per heavy atom. The summed E-state index contributed by atoms with van der Waals surface area (Å²) in [5, 5.41) is 9.28. The van der Waals surface area contributed by atoms with Crippen molar-refractivity contribution in [2.75, 3.05) is 78.8 Å². The third-order valence-corrected chi connectivity index (χ3v) is 12.5. The van der Waals surface area contributed by atoms with Crippen LogP contribution in [0.5, 0.6) is 34.5 Å². The van der Waals surface area contributed by atoms with E-state index >= 15 is 0 Å². The molecule has 2 N–H and O–H groups in total. The Hall–Kier alpha value is -4.98. The Balaban J connectivity index is 0.000000205. The normalized spacial score (nSPS) is 19.0. The lowest BCUT2D eigenvalue weighted by Crippen LogP contribution is -2.50. The summed E-state index contributed by atoms with van der Waals surface area (Å²) in [5.74, 6) is 9.20. The predicted octanol–water partition coefficient (Wildman–Crippen LogP) is 2.77. The van der Waals surface area contributed by atoms with Crippen molar-refractivity contribution in [1.29, 1.82) is 0 Å². The van der Waals surface area contributed by atoms with Gasteiger partial charge in [0.1, 0.15) is 0 Å². The molecule has 300 valence electrons. The van der Waals surface area contributed by atoms with E-state index in [4.69, 9.17) is 34.3 Å². The first-order valence-corrected chi connectivity index (χ1v) is 20.6. The summed E-state index contributed by atoms with van der Waals surface area (Å²) in [4.78, 5) is 19.4. The van der Waals surface area contributed by atoms with Gasteiger partial charge in [0, 0.05) is 59.0 Å². The van der Waals surface area contributed by atoms with Crippen molar-refractivity contribution in [2.24, 2.45) is 10.9 Å². The third kappa shape index (κ3) is 10.4. The molecule has 2 aromatic carbocycles. The van der Waals surface area contributed by atoms with Gasteiger partial charge >= 0.3 is 0 Å². The number of rotatable bonds is 9. The number of benzene rings is 2. The number of ether oxygens (including phenoxy) is 6. The van der Waals surface area contributed by atoms with Crippen molar-refractivity contribution in [3.63, 3.8) is 0 Å². The van der Waals surface area contributed by atoms with Crippen LogP contribution < -0.4 is 34.3 Å². The molecular formula is C36H48N6O11S2. The average molecular weight is 805 g/mol. The molecule has 17 nitrogen and oxygen atoms in total. The summed E-state index contributed by atoms with van der Waals surface area (Å²) in [5.41, 5.74) is 2.64. The number of carbonyl (C=O) groups is 1. The van der Waals surface area contributed by atoms with Crippen molar-refractivity contribution in [3.8, 4) is 34.5 Å². The van der Waals surface area contributed by atoms with E-state index in [1.807, 2.05) is 19.9 Å². The highest BCUT2D eigenvalue weighted by Gasteiger charge is 2.27. The number of nitrogens with zero attached hydrogens (tertiary/aromatic N) is 5. The number of nitrogens with two attached hydrogens (primary N) is 1. The van der Waals surface area contributed by atoms with Crippen LogP contribution in [0, 0.1) is 0 Å². The number of aldehydes is 1. The van der Waals surface area contributed by atoms with Crippen LogP contribution in [-0.2, 0) is 19.7 Å². The molecule has 0 saturated carbocycles. The zero-order valence-corrected chi connectivity index (χ0v) is 33.8. The maximum atomic E-state index is 11.7. The van der Waals surface area contributed by atoms with Crippen LogP contribution in [0.1, 0.15) is 29.8 Å². The molecule has 2 saturated heterocycles. The predicted molar refractivity (Wildman–Crippen MR) is 210 cm³/mol. The standard InChI is InChI=1S/C18H23N3O5S.C13H13NO4.C5H12N2O2S/c1-12-11-27(22,23)6-5-21(12)20-10-13-7-14-15(19-9-13)8-16(24-2)18(26-4)17(14)25-3;1-16-11-5-10-9(4-8(7-15)6-14-10)12(17-2)13(11)18-3;1-5-4-10(8,9)3-2-7(5)6/h7-10,12H,5-6,11H2,1-4H3;4-7H,1-3H3;5H,2-4,6H2,1H3. The van der Waals surface area contributed by atoms with E-state index in [1.54, 1.807) is 69.1 Å². The fourth-order valence-electron chi connectivity index (χ4n) is 5.97. The molecule has 6 rings (SSSR count). The topological polar surface area (TPSA) is 211 Å². The number of hydrogen-bond acceptors (Lipinski definition) is 17. The van der Waals surface area contributed by atoms with Crippen LogP contribution in [0.2, 0.25) is 0 Å². The Bertz CT molecular complexity index is 2240. The minimum atomic E-state index is -2.97. The second-order valence-electron chi connectivity index (χ2n) is 12.7. The Morgan fingerprint density at radius 2 is 1.13 bits per heavy atom. The first-order chi connectivity index (χ1) is 26.1. The molecule has 0 bridgehead atoms. The number of pyridine rings is 2. The highest BCUT2D eigenvalue weighted by Crippen LogP contribution is 2.44. The molecule has 2 aliphatic heterocycles. The average Bonchev–Trinajstić information content (AvgIpc) is 3.17. The number of hydrogen-bond donors (Lipinski definition) is 1. The molecular weight excluding hydrogens is 757 g/mol. The second kappa shape index (κ2) is 18.6. The molecule has 0 spiro atoms. The zero-order valence-electron chi connectivity index (χ0n) is 32.1. The van der Waals surface area contributed by atoms with Crippen molar-refractivity contribution < 1.29 is 50.1 Å². The number of hydrazine groups is 1. The van der Waals surface area contributed by atoms with Crippen LogP contribution in [0.4, 0.5) is 0 Å². The quantitative estimate of drug-likeness (QED) is 0.146. The summed E-state index contributed by atoms with van der Waals surface area (Å²) in [6, 6.07) is 6.94. The highest BCUT2D eigenvalue weighted by molar-refractivity contribution is 7.91. The molecule has 0 amide bonds. The number of sulfone groups is 2. The van der Waals surface area contributed by atoms with Gasteiger partial charge in [-0.3, -0.25) is 25.6 Å². The zero-order chi connectivity index (χ0) is 40.5. The maximum absolute atomic E-state index is 11.7. The minimum Gasteiger partial charge on any atom is -0.493 e. The lowest BCUT2D eigenvalue weighted by molar-refractivity contribution is 0.112. The van der Waals surface area contributed by atoms with E-state index in [-0.39, 0.29) is 35.1 Å². The van der Waals surface area contributed by atoms with Gasteiger partial charge < -0.3 is 28.4 Å². The first kappa shape index (κ1) is 42.8. The van der Waals surface area contributed by atoms with Gasteiger partial charge in [-0.15, -0.1) is 0 Å².